The molecular formula is C9H6Cl2O. The molecule has 0 bridgehead atoms. The van der Waals surface area contributed by atoms with Crippen molar-refractivity contribution in [3.8, 4) is 18.1 Å². The average Bonchev–Trinajstić information content (AvgIpc) is 2.06. The Labute approximate surface area is 81.2 Å². The number of para-hydroxylation sites is 1. The zero-order valence-corrected chi connectivity index (χ0v) is 7.64. The fourth-order valence-electron chi connectivity index (χ4n) is 0.666. The minimum absolute atomic E-state index is 0.542. The van der Waals surface area contributed by atoms with Gasteiger partial charge < -0.3 is 4.74 Å². The van der Waals surface area contributed by atoms with Crippen molar-refractivity contribution in [2.75, 3.05) is 0 Å². The SMILES string of the molecule is C#CC(Cl)(Cl)Oc1ccccc1. The number of halogens is 2. The first kappa shape index (κ1) is 9.25. The van der Waals surface area contributed by atoms with E-state index in [1.54, 1.807) is 24.3 Å². The normalized spacial score (nSPS) is 10.4. The minimum Gasteiger partial charge on any atom is -0.448 e. The Morgan fingerprint density at radius 3 is 2.33 bits per heavy atom. The Morgan fingerprint density at radius 1 is 1.25 bits per heavy atom. The van der Waals surface area contributed by atoms with Gasteiger partial charge >= 0.3 is 4.52 Å². The molecule has 62 valence electrons. The van der Waals surface area contributed by atoms with Crippen LogP contribution < -0.4 is 4.74 Å². The monoisotopic (exact) mass is 200 g/mol. The van der Waals surface area contributed by atoms with Crippen molar-refractivity contribution >= 4 is 23.2 Å². The Kier molecular flexibility index (Phi) is 2.86. The molecule has 3 heteroatoms. The smallest absolute Gasteiger partial charge is 0.323 e. The summed E-state index contributed by atoms with van der Waals surface area (Å²) in [4.78, 5) is 0. The fraction of sp³-hybridized carbons (Fsp3) is 0.111. The van der Waals surface area contributed by atoms with Crippen molar-refractivity contribution in [3.05, 3.63) is 30.3 Å². The highest BCUT2D eigenvalue weighted by molar-refractivity contribution is 6.49. The maximum Gasteiger partial charge on any atom is 0.323 e. The van der Waals surface area contributed by atoms with Crippen LogP contribution in [0.1, 0.15) is 0 Å². The molecule has 0 saturated heterocycles. The van der Waals surface area contributed by atoms with Crippen LogP contribution in [-0.2, 0) is 0 Å². The van der Waals surface area contributed by atoms with E-state index in [0.717, 1.165) is 0 Å². The van der Waals surface area contributed by atoms with Crippen LogP contribution in [0.3, 0.4) is 0 Å². The van der Waals surface area contributed by atoms with Crippen LogP contribution in [0.25, 0.3) is 0 Å². The van der Waals surface area contributed by atoms with Crippen LogP contribution in [0.15, 0.2) is 30.3 Å². The summed E-state index contributed by atoms with van der Waals surface area (Å²) in [6.07, 6.45) is 5.02. The third-order valence-electron chi connectivity index (χ3n) is 1.16. The maximum atomic E-state index is 5.56. The molecular weight excluding hydrogens is 195 g/mol. The number of benzene rings is 1. The summed E-state index contributed by atoms with van der Waals surface area (Å²) in [5.74, 6) is 2.64. The van der Waals surface area contributed by atoms with E-state index in [1.165, 1.54) is 0 Å². The van der Waals surface area contributed by atoms with E-state index in [9.17, 15) is 0 Å². The van der Waals surface area contributed by atoms with Gasteiger partial charge in [-0.3, -0.25) is 0 Å². The Hall–Kier alpha value is -0.840. The third-order valence-corrected chi connectivity index (χ3v) is 1.53. The maximum absolute atomic E-state index is 5.56. The van der Waals surface area contributed by atoms with Crippen molar-refractivity contribution in [2.45, 2.75) is 4.52 Å². The lowest BCUT2D eigenvalue weighted by molar-refractivity contribution is 0.299. The quantitative estimate of drug-likeness (QED) is 0.528. The molecule has 0 saturated carbocycles. The fourth-order valence-corrected chi connectivity index (χ4v) is 0.844. The summed E-state index contributed by atoms with van der Waals surface area (Å²) in [6, 6.07) is 8.89. The van der Waals surface area contributed by atoms with Gasteiger partial charge in [0.15, 0.2) is 0 Å². The highest BCUT2D eigenvalue weighted by atomic mass is 35.5. The first-order valence-electron chi connectivity index (χ1n) is 3.24. The molecule has 0 spiro atoms. The number of terminal acetylenes is 1. The molecule has 0 heterocycles. The van der Waals surface area contributed by atoms with Gasteiger partial charge in [-0.25, -0.2) is 0 Å². The summed E-state index contributed by atoms with van der Waals surface area (Å²) in [7, 11) is 0. The molecule has 0 aliphatic rings. The molecule has 0 N–H and O–H groups in total. The molecule has 0 unspecified atom stereocenters. The molecule has 0 amide bonds. The van der Waals surface area contributed by atoms with E-state index >= 15 is 0 Å². The number of alkyl halides is 2. The lowest BCUT2D eigenvalue weighted by atomic mass is 10.3. The van der Waals surface area contributed by atoms with Crippen molar-refractivity contribution in [3.63, 3.8) is 0 Å². The summed E-state index contributed by atoms with van der Waals surface area (Å²) < 4.78 is 3.46. The van der Waals surface area contributed by atoms with Gasteiger partial charge in [0.2, 0.25) is 0 Å². The zero-order valence-electron chi connectivity index (χ0n) is 6.13. The summed E-state index contributed by atoms with van der Waals surface area (Å²) in [6.45, 7) is 0. The molecule has 0 aliphatic carbocycles. The van der Waals surface area contributed by atoms with Gasteiger partial charge in [-0.15, -0.1) is 6.42 Å². The van der Waals surface area contributed by atoms with Crippen molar-refractivity contribution < 1.29 is 4.74 Å². The highest BCUT2D eigenvalue weighted by Crippen LogP contribution is 2.24. The van der Waals surface area contributed by atoms with Gasteiger partial charge in [-0.1, -0.05) is 18.2 Å². The summed E-state index contributed by atoms with van der Waals surface area (Å²) in [5, 5.41) is 0. The molecule has 1 rings (SSSR count). The Bertz CT molecular complexity index is 287. The van der Waals surface area contributed by atoms with Crippen LogP contribution in [0.4, 0.5) is 0 Å². The molecule has 12 heavy (non-hydrogen) atoms. The second kappa shape index (κ2) is 3.71. The molecule has 1 aromatic rings. The van der Waals surface area contributed by atoms with Crippen LogP contribution in [0.5, 0.6) is 5.75 Å². The van der Waals surface area contributed by atoms with E-state index in [1.807, 2.05) is 6.07 Å². The summed E-state index contributed by atoms with van der Waals surface area (Å²) >= 11 is 11.1. The predicted molar refractivity (Wildman–Crippen MR) is 50.3 cm³/mol. The average molecular weight is 201 g/mol. The largest absolute Gasteiger partial charge is 0.448 e. The van der Waals surface area contributed by atoms with Crippen molar-refractivity contribution in [1.29, 1.82) is 0 Å². The van der Waals surface area contributed by atoms with E-state index in [0.29, 0.717) is 5.75 Å². The van der Waals surface area contributed by atoms with Crippen LogP contribution in [0, 0.1) is 12.3 Å². The number of hydrogen-bond donors (Lipinski definition) is 0. The number of rotatable bonds is 2. The van der Waals surface area contributed by atoms with Crippen molar-refractivity contribution in [2.24, 2.45) is 0 Å². The second-order valence-corrected chi connectivity index (χ2v) is 3.33. The van der Waals surface area contributed by atoms with E-state index in [4.69, 9.17) is 34.4 Å². The highest BCUT2D eigenvalue weighted by Gasteiger charge is 2.21. The molecule has 1 nitrogen and oxygen atoms in total. The zero-order chi connectivity index (χ0) is 9.03. The molecule has 1 aromatic carbocycles. The van der Waals surface area contributed by atoms with Crippen molar-refractivity contribution in [1.82, 2.24) is 0 Å². The second-order valence-electron chi connectivity index (χ2n) is 2.08. The molecule has 0 atom stereocenters. The standard InChI is InChI=1S/C9H6Cl2O/c1-2-9(10,11)12-8-6-4-3-5-7-8/h1,3-7H. The minimum atomic E-state index is -1.58. The molecule has 0 aromatic heterocycles. The van der Waals surface area contributed by atoms with E-state index < -0.39 is 4.52 Å². The Morgan fingerprint density at radius 2 is 1.83 bits per heavy atom. The molecule has 0 radical (unpaired) electrons. The number of ether oxygens (including phenoxy) is 1. The molecule has 0 aliphatic heterocycles. The van der Waals surface area contributed by atoms with Crippen LogP contribution >= 0.6 is 23.2 Å². The van der Waals surface area contributed by atoms with E-state index in [2.05, 4.69) is 5.92 Å². The lowest BCUT2D eigenvalue weighted by Crippen LogP contribution is -2.18. The number of hydrogen-bond acceptors (Lipinski definition) is 1. The summed E-state index contributed by atoms with van der Waals surface area (Å²) in [5.41, 5.74) is 0. The van der Waals surface area contributed by atoms with Gasteiger partial charge in [0.05, 0.1) is 0 Å². The van der Waals surface area contributed by atoms with Gasteiger partial charge in [-0.05, 0) is 41.3 Å². The topological polar surface area (TPSA) is 9.23 Å². The first-order chi connectivity index (χ1) is 5.64. The van der Waals surface area contributed by atoms with Crippen LogP contribution in [0.2, 0.25) is 0 Å². The van der Waals surface area contributed by atoms with Gasteiger partial charge in [-0.2, -0.15) is 0 Å². The first-order valence-corrected chi connectivity index (χ1v) is 3.99. The lowest BCUT2D eigenvalue weighted by Gasteiger charge is -2.14. The predicted octanol–water partition coefficient (Wildman–Crippen LogP) is 2.83. The Balaban J connectivity index is 2.72. The van der Waals surface area contributed by atoms with Gasteiger partial charge in [0.25, 0.3) is 0 Å². The van der Waals surface area contributed by atoms with Gasteiger partial charge in [0.1, 0.15) is 5.75 Å². The molecule has 0 fully saturated rings. The van der Waals surface area contributed by atoms with Gasteiger partial charge in [0, 0.05) is 0 Å². The van der Waals surface area contributed by atoms with Crippen LogP contribution in [-0.4, -0.2) is 4.52 Å². The van der Waals surface area contributed by atoms with E-state index in [-0.39, 0.29) is 0 Å². The third kappa shape index (κ3) is 2.65.